The van der Waals surface area contributed by atoms with Gasteiger partial charge in [0.1, 0.15) is 35.8 Å². The van der Waals surface area contributed by atoms with Gasteiger partial charge in [0, 0.05) is 41.9 Å². The van der Waals surface area contributed by atoms with Gasteiger partial charge in [-0.1, -0.05) is 12.1 Å². The first-order chi connectivity index (χ1) is 19.3. The molecule has 2 heterocycles. The molecule has 0 bridgehead atoms. The van der Waals surface area contributed by atoms with E-state index in [2.05, 4.69) is 18.9 Å². The number of ether oxygens (including phenoxy) is 3. The first-order valence-electron chi connectivity index (χ1n) is 13.4. The molecule has 1 aliphatic heterocycles. The van der Waals surface area contributed by atoms with Gasteiger partial charge in [-0.2, -0.15) is 5.10 Å². The summed E-state index contributed by atoms with van der Waals surface area (Å²) in [5.74, 6) is 0.701. The highest BCUT2D eigenvalue weighted by Gasteiger charge is 2.32. The summed E-state index contributed by atoms with van der Waals surface area (Å²) < 4.78 is 35.1. The van der Waals surface area contributed by atoms with Gasteiger partial charge >= 0.3 is 5.97 Å². The number of carboxylic acid groups (broad SMARTS) is 1. The summed E-state index contributed by atoms with van der Waals surface area (Å²) in [6.45, 7) is 4.88. The molecule has 2 aliphatic rings. The van der Waals surface area contributed by atoms with Crippen LogP contribution in [0.25, 0.3) is 11.1 Å². The van der Waals surface area contributed by atoms with E-state index in [0.717, 1.165) is 44.7 Å². The Morgan fingerprint density at radius 1 is 1.15 bits per heavy atom. The van der Waals surface area contributed by atoms with E-state index in [1.165, 1.54) is 6.07 Å². The fourth-order valence-electron chi connectivity index (χ4n) is 6.04. The smallest absolute Gasteiger partial charge is 0.304 e. The van der Waals surface area contributed by atoms with Gasteiger partial charge in [-0.3, -0.25) is 9.48 Å². The zero-order valence-corrected chi connectivity index (χ0v) is 22.7. The van der Waals surface area contributed by atoms with Gasteiger partial charge in [0.15, 0.2) is 0 Å². The lowest BCUT2D eigenvalue weighted by atomic mass is 9.90. The molecule has 1 aliphatic carbocycles. The van der Waals surface area contributed by atoms with Crippen molar-refractivity contribution >= 4 is 5.97 Å². The number of fused-ring (bicyclic) bond motifs is 2. The zero-order chi connectivity index (χ0) is 28.0. The Kier molecular flexibility index (Phi) is 6.70. The molecule has 0 saturated heterocycles. The predicted octanol–water partition coefficient (Wildman–Crippen LogP) is 6.44. The van der Waals surface area contributed by atoms with Crippen LogP contribution in [0.15, 0.2) is 54.9 Å². The predicted molar refractivity (Wildman–Crippen MR) is 147 cm³/mol. The summed E-state index contributed by atoms with van der Waals surface area (Å²) in [5.41, 5.74) is 7.66. The molecule has 0 saturated carbocycles. The molecule has 7 nitrogen and oxygen atoms in total. The lowest BCUT2D eigenvalue weighted by Crippen LogP contribution is -2.07. The van der Waals surface area contributed by atoms with E-state index >= 15 is 4.39 Å². The molecular weight excluding hydrogens is 511 g/mol. The number of benzene rings is 3. The number of carboxylic acids is 1. The SMILES string of the molecule is Cc1cc(OCc2cnn(C)c2)cc(C)c1-c1ccc(F)c2c1CCC2Oc1ccc2c(c1)OCC2CC(=O)O. The largest absolute Gasteiger partial charge is 0.492 e. The molecule has 0 fully saturated rings. The number of hydrogen-bond donors (Lipinski definition) is 1. The lowest BCUT2D eigenvalue weighted by Gasteiger charge is -2.19. The first-order valence-corrected chi connectivity index (χ1v) is 13.4. The molecule has 0 amide bonds. The van der Waals surface area contributed by atoms with Crippen molar-refractivity contribution in [1.82, 2.24) is 9.78 Å². The minimum absolute atomic E-state index is 0.0215. The maximum atomic E-state index is 15.3. The highest BCUT2D eigenvalue weighted by atomic mass is 19.1. The standard InChI is InChI=1S/C32H31FN2O5/c1-18-10-23(38-16-20-14-34-35(3)15-20)11-19(2)31(18)25-6-8-27(33)32-26(25)7-9-28(32)40-22-4-5-24-21(12-30(36)37)17-39-29(24)13-22/h4-6,8,10-11,13-15,21,28H,7,9,12,16-17H2,1-3H3,(H,36,37). The summed E-state index contributed by atoms with van der Waals surface area (Å²) in [6, 6.07) is 12.9. The molecule has 1 aromatic heterocycles. The molecule has 0 radical (unpaired) electrons. The molecular formula is C32H31FN2O5. The quantitative estimate of drug-likeness (QED) is 0.276. The number of nitrogens with zero attached hydrogens (tertiary/aromatic N) is 2. The minimum Gasteiger partial charge on any atom is -0.492 e. The summed E-state index contributed by atoms with van der Waals surface area (Å²) in [5, 5.41) is 13.3. The van der Waals surface area contributed by atoms with Crippen LogP contribution < -0.4 is 14.2 Å². The Labute approximate surface area is 232 Å². The van der Waals surface area contributed by atoms with Gasteiger partial charge in [0.05, 0.1) is 19.2 Å². The Hall–Kier alpha value is -4.33. The number of aromatic nitrogens is 2. The van der Waals surface area contributed by atoms with Crippen molar-refractivity contribution in [3.63, 3.8) is 0 Å². The van der Waals surface area contributed by atoms with Crippen molar-refractivity contribution in [2.75, 3.05) is 6.61 Å². The van der Waals surface area contributed by atoms with Crippen LogP contribution in [0.2, 0.25) is 0 Å². The van der Waals surface area contributed by atoms with E-state index in [4.69, 9.17) is 19.3 Å². The van der Waals surface area contributed by atoms with Crippen molar-refractivity contribution in [1.29, 1.82) is 0 Å². The maximum absolute atomic E-state index is 15.3. The van der Waals surface area contributed by atoms with Crippen LogP contribution >= 0.6 is 0 Å². The molecule has 0 spiro atoms. The Morgan fingerprint density at radius 2 is 1.95 bits per heavy atom. The molecule has 1 N–H and O–H groups in total. The molecule has 2 unspecified atom stereocenters. The van der Waals surface area contributed by atoms with Crippen LogP contribution in [0, 0.1) is 19.7 Å². The van der Waals surface area contributed by atoms with E-state index in [0.29, 0.717) is 43.1 Å². The molecule has 206 valence electrons. The average Bonchev–Trinajstić information content (AvgIpc) is 3.63. The molecule has 2 atom stereocenters. The topological polar surface area (TPSA) is 82.8 Å². The zero-order valence-electron chi connectivity index (χ0n) is 22.7. The second-order valence-electron chi connectivity index (χ2n) is 10.7. The van der Waals surface area contributed by atoms with Crippen molar-refractivity contribution in [3.8, 4) is 28.4 Å². The van der Waals surface area contributed by atoms with Crippen LogP contribution in [0.4, 0.5) is 4.39 Å². The minimum atomic E-state index is -0.854. The molecule has 8 heteroatoms. The van der Waals surface area contributed by atoms with Crippen molar-refractivity contribution < 1.29 is 28.5 Å². The van der Waals surface area contributed by atoms with E-state index in [9.17, 15) is 4.79 Å². The van der Waals surface area contributed by atoms with Gasteiger partial charge < -0.3 is 19.3 Å². The Bertz CT molecular complexity index is 1590. The van der Waals surface area contributed by atoms with Crippen LogP contribution in [0.3, 0.4) is 0 Å². The monoisotopic (exact) mass is 542 g/mol. The fourth-order valence-corrected chi connectivity index (χ4v) is 6.04. The summed E-state index contributed by atoms with van der Waals surface area (Å²) in [4.78, 5) is 11.2. The van der Waals surface area contributed by atoms with Gasteiger partial charge in [0.2, 0.25) is 0 Å². The van der Waals surface area contributed by atoms with Crippen molar-refractivity contribution in [3.05, 3.63) is 94.1 Å². The first kappa shape index (κ1) is 25.9. The lowest BCUT2D eigenvalue weighted by molar-refractivity contribution is -0.137. The van der Waals surface area contributed by atoms with Gasteiger partial charge in [0.25, 0.3) is 0 Å². The number of rotatable bonds is 8. The van der Waals surface area contributed by atoms with Gasteiger partial charge in [-0.05, 0) is 78.8 Å². The molecule has 40 heavy (non-hydrogen) atoms. The highest BCUT2D eigenvalue weighted by Crippen LogP contribution is 2.45. The van der Waals surface area contributed by atoms with Crippen LogP contribution in [0.1, 0.15) is 58.2 Å². The van der Waals surface area contributed by atoms with Crippen molar-refractivity contribution in [2.45, 2.75) is 51.7 Å². The average molecular weight is 543 g/mol. The van der Waals surface area contributed by atoms with E-state index in [1.54, 1.807) is 16.9 Å². The molecule has 4 aromatic rings. The summed E-state index contributed by atoms with van der Waals surface area (Å²) in [6.07, 6.45) is 4.68. The Morgan fingerprint density at radius 3 is 2.67 bits per heavy atom. The van der Waals surface area contributed by atoms with Gasteiger partial charge in [-0.25, -0.2) is 4.39 Å². The maximum Gasteiger partial charge on any atom is 0.304 e. The van der Waals surface area contributed by atoms with Crippen LogP contribution in [-0.2, 0) is 24.9 Å². The third-order valence-electron chi connectivity index (χ3n) is 7.79. The third-order valence-corrected chi connectivity index (χ3v) is 7.79. The normalized spacial score (nSPS) is 17.3. The van der Waals surface area contributed by atoms with Gasteiger partial charge in [-0.15, -0.1) is 0 Å². The van der Waals surface area contributed by atoms with E-state index in [-0.39, 0.29) is 18.2 Å². The van der Waals surface area contributed by atoms with Crippen molar-refractivity contribution in [2.24, 2.45) is 7.05 Å². The number of aryl methyl sites for hydroxylation is 3. The third kappa shape index (κ3) is 4.90. The van der Waals surface area contributed by atoms with E-state index < -0.39 is 12.1 Å². The van der Waals surface area contributed by atoms with E-state index in [1.807, 2.05) is 43.6 Å². The molecule has 6 rings (SSSR count). The Balaban J connectivity index is 1.24. The fraction of sp³-hybridized carbons (Fsp3) is 0.312. The highest BCUT2D eigenvalue weighted by molar-refractivity contribution is 5.76. The number of halogens is 1. The molecule has 3 aromatic carbocycles. The second-order valence-corrected chi connectivity index (χ2v) is 10.7. The van der Waals surface area contributed by atoms with Crippen LogP contribution in [0.5, 0.6) is 17.2 Å². The second kappa shape index (κ2) is 10.3. The number of aliphatic carboxylic acids is 1. The summed E-state index contributed by atoms with van der Waals surface area (Å²) >= 11 is 0. The number of hydrogen-bond acceptors (Lipinski definition) is 5. The number of carbonyl (C=O) groups is 1. The summed E-state index contributed by atoms with van der Waals surface area (Å²) in [7, 11) is 1.88. The van der Waals surface area contributed by atoms with Crippen LogP contribution in [-0.4, -0.2) is 27.5 Å².